The van der Waals surface area contributed by atoms with Gasteiger partial charge in [0.2, 0.25) is 6.04 Å². The number of nitrogens with zero attached hydrogens (tertiary/aromatic N) is 1. The minimum Gasteiger partial charge on any atom is -0.294 e. The normalized spacial score (nSPS) is 13.3. The molecule has 0 saturated carbocycles. The van der Waals surface area contributed by atoms with Gasteiger partial charge in [-0.25, -0.2) is 0 Å². The Balaban J connectivity index is 1.98. The van der Waals surface area contributed by atoms with Crippen LogP contribution >= 0.6 is 0 Å². The van der Waals surface area contributed by atoms with E-state index in [-0.39, 0.29) is 17.1 Å². The second kappa shape index (κ2) is 7.91. The van der Waals surface area contributed by atoms with Gasteiger partial charge in [-0.1, -0.05) is 79.7 Å². The Labute approximate surface area is 152 Å². The fourth-order valence-corrected chi connectivity index (χ4v) is 3.54. The first kappa shape index (κ1) is 17.8. The molecule has 0 aromatic heterocycles. The van der Waals surface area contributed by atoms with Gasteiger partial charge in [-0.05, 0) is 16.3 Å². The lowest BCUT2D eigenvalue weighted by molar-refractivity contribution is -0.527. The number of rotatable bonds is 7. The van der Waals surface area contributed by atoms with Gasteiger partial charge in [0.15, 0.2) is 5.78 Å². The second-order valence-corrected chi connectivity index (χ2v) is 6.43. The average Bonchev–Trinajstić information content (AvgIpc) is 2.67. The molecule has 0 amide bonds. The predicted octanol–water partition coefficient (Wildman–Crippen LogP) is 5.25. The summed E-state index contributed by atoms with van der Waals surface area (Å²) in [6.45, 7) is 1.80. The maximum absolute atomic E-state index is 13.1. The minimum atomic E-state index is -0.781. The topological polar surface area (TPSA) is 60.2 Å². The van der Waals surface area contributed by atoms with Crippen LogP contribution in [-0.2, 0) is 0 Å². The number of nitro groups is 1. The largest absolute Gasteiger partial charge is 0.294 e. The van der Waals surface area contributed by atoms with E-state index in [0.717, 1.165) is 16.3 Å². The number of ketones is 1. The molecule has 0 aliphatic heterocycles. The molecule has 0 unspecified atom stereocenters. The van der Waals surface area contributed by atoms with Crippen molar-refractivity contribution in [2.75, 3.05) is 0 Å². The third kappa shape index (κ3) is 3.64. The highest BCUT2D eigenvalue weighted by molar-refractivity contribution is 6.08. The lowest BCUT2D eigenvalue weighted by Gasteiger charge is -2.20. The van der Waals surface area contributed by atoms with Gasteiger partial charge in [0.05, 0.1) is 5.92 Å². The van der Waals surface area contributed by atoms with E-state index < -0.39 is 12.0 Å². The summed E-state index contributed by atoms with van der Waals surface area (Å²) in [5.41, 5.74) is 1.46. The highest BCUT2D eigenvalue weighted by Crippen LogP contribution is 2.30. The van der Waals surface area contributed by atoms with Crippen LogP contribution < -0.4 is 0 Å². The zero-order chi connectivity index (χ0) is 18.5. The maximum atomic E-state index is 13.1. The molecule has 4 heteroatoms. The molecular formula is C22H21NO3. The Bertz CT molecular complexity index is 916. The van der Waals surface area contributed by atoms with Crippen LogP contribution in [0.25, 0.3) is 10.8 Å². The van der Waals surface area contributed by atoms with Gasteiger partial charge in [-0.2, -0.15) is 0 Å². The van der Waals surface area contributed by atoms with Crippen molar-refractivity contribution in [2.45, 2.75) is 31.7 Å². The maximum Gasteiger partial charge on any atom is 0.220 e. The SMILES string of the molecule is CC[C@H]([C@H](CC(=O)c1cccc2ccccc12)c1ccccc1)[N+](=O)[O-]. The first-order valence-corrected chi connectivity index (χ1v) is 8.81. The minimum absolute atomic E-state index is 0.0593. The molecule has 3 aromatic rings. The molecule has 0 fully saturated rings. The fraction of sp³-hybridized carbons (Fsp3) is 0.227. The number of hydrogen-bond donors (Lipinski definition) is 0. The van der Waals surface area contributed by atoms with Crippen LogP contribution in [0.3, 0.4) is 0 Å². The molecular weight excluding hydrogens is 326 g/mol. The number of benzene rings is 3. The molecule has 3 aromatic carbocycles. The zero-order valence-corrected chi connectivity index (χ0v) is 14.7. The van der Waals surface area contributed by atoms with Gasteiger partial charge in [-0.15, -0.1) is 0 Å². The number of carbonyl (C=O) groups is 1. The van der Waals surface area contributed by atoms with E-state index in [1.165, 1.54) is 0 Å². The lowest BCUT2D eigenvalue weighted by atomic mass is 9.84. The molecule has 0 radical (unpaired) electrons. The van der Waals surface area contributed by atoms with Crippen LogP contribution in [0.2, 0.25) is 0 Å². The highest BCUT2D eigenvalue weighted by Gasteiger charge is 2.33. The summed E-state index contributed by atoms with van der Waals surface area (Å²) >= 11 is 0. The van der Waals surface area contributed by atoms with Gasteiger partial charge >= 0.3 is 0 Å². The molecule has 132 valence electrons. The number of carbonyl (C=O) groups excluding carboxylic acids is 1. The van der Waals surface area contributed by atoms with Crippen molar-refractivity contribution < 1.29 is 9.72 Å². The number of hydrogen-bond acceptors (Lipinski definition) is 3. The van der Waals surface area contributed by atoms with E-state index in [2.05, 4.69) is 0 Å². The van der Waals surface area contributed by atoms with E-state index in [0.29, 0.717) is 12.0 Å². The van der Waals surface area contributed by atoms with Crippen molar-refractivity contribution in [1.29, 1.82) is 0 Å². The third-order valence-electron chi connectivity index (χ3n) is 4.88. The van der Waals surface area contributed by atoms with Crippen molar-refractivity contribution in [3.8, 4) is 0 Å². The van der Waals surface area contributed by atoms with Crippen LogP contribution in [0.5, 0.6) is 0 Å². The van der Waals surface area contributed by atoms with Crippen molar-refractivity contribution >= 4 is 16.6 Å². The van der Waals surface area contributed by atoms with Crippen LogP contribution in [0.1, 0.15) is 41.6 Å². The summed E-state index contributed by atoms with van der Waals surface area (Å²) in [6.07, 6.45) is 0.507. The summed E-state index contributed by atoms with van der Waals surface area (Å²) < 4.78 is 0. The number of fused-ring (bicyclic) bond motifs is 1. The summed E-state index contributed by atoms with van der Waals surface area (Å²) in [7, 11) is 0. The molecule has 0 aliphatic rings. The highest BCUT2D eigenvalue weighted by atomic mass is 16.6. The standard InChI is InChI=1S/C22H21NO3/c1-2-21(23(25)26)20(17-9-4-3-5-10-17)15-22(24)19-14-8-12-16-11-6-7-13-18(16)19/h3-14,20-21H,2,15H2,1H3/t20-,21-/m1/s1. The molecule has 0 spiro atoms. The molecule has 4 nitrogen and oxygen atoms in total. The Morgan fingerprint density at radius 2 is 1.62 bits per heavy atom. The van der Waals surface area contributed by atoms with Gasteiger partial charge in [0.1, 0.15) is 0 Å². The van der Waals surface area contributed by atoms with E-state index in [4.69, 9.17) is 0 Å². The van der Waals surface area contributed by atoms with Crippen LogP contribution in [-0.4, -0.2) is 16.7 Å². The van der Waals surface area contributed by atoms with Crippen LogP contribution in [0, 0.1) is 10.1 Å². The first-order valence-electron chi connectivity index (χ1n) is 8.81. The lowest BCUT2D eigenvalue weighted by Crippen LogP contribution is -2.28. The van der Waals surface area contributed by atoms with Gasteiger partial charge < -0.3 is 0 Å². The molecule has 0 heterocycles. The summed E-state index contributed by atoms with van der Waals surface area (Å²) in [5, 5.41) is 13.5. The summed E-state index contributed by atoms with van der Waals surface area (Å²) in [4.78, 5) is 24.4. The van der Waals surface area contributed by atoms with E-state index in [1.807, 2.05) is 66.7 Å². The predicted molar refractivity (Wildman–Crippen MR) is 103 cm³/mol. The van der Waals surface area contributed by atoms with Crippen molar-refractivity contribution in [3.63, 3.8) is 0 Å². The molecule has 0 saturated heterocycles. The molecule has 26 heavy (non-hydrogen) atoms. The van der Waals surface area contributed by atoms with Gasteiger partial charge in [-0.3, -0.25) is 14.9 Å². The van der Waals surface area contributed by atoms with E-state index in [1.54, 1.807) is 13.0 Å². The fourth-order valence-electron chi connectivity index (χ4n) is 3.54. The second-order valence-electron chi connectivity index (χ2n) is 6.43. The number of Topliss-reactive ketones (excluding diaryl/α,β-unsaturated/α-hetero) is 1. The Kier molecular flexibility index (Phi) is 5.42. The Morgan fingerprint density at radius 1 is 0.962 bits per heavy atom. The average molecular weight is 347 g/mol. The Hall–Kier alpha value is -3.01. The molecule has 2 atom stereocenters. The monoisotopic (exact) mass is 347 g/mol. The zero-order valence-electron chi connectivity index (χ0n) is 14.7. The smallest absolute Gasteiger partial charge is 0.220 e. The van der Waals surface area contributed by atoms with Crippen LogP contribution in [0.4, 0.5) is 0 Å². The molecule has 0 aliphatic carbocycles. The molecule has 0 N–H and O–H groups in total. The van der Waals surface area contributed by atoms with Gasteiger partial charge in [0, 0.05) is 23.3 Å². The van der Waals surface area contributed by atoms with Crippen molar-refractivity contribution in [1.82, 2.24) is 0 Å². The van der Waals surface area contributed by atoms with Crippen LogP contribution in [0.15, 0.2) is 72.8 Å². The summed E-state index contributed by atoms with van der Waals surface area (Å²) in [6, 6.07) is 21.9. The first-order chi connectivity index (χ1) is 12.6. The molecule has 3 rings (SSSR count). The van der Waals surface area contributed by atoms with Crippen molar-refractivity contribution in [3.05, 3.63) is 94.0 Å². The Morgan fingerprint density at radius 3 is 2.31 bits per heavy atom. The third-order valence-corrected chi connectivity index (χ3v) is 4.88. The van der Waals surface area contributed by atoms with E-state index >= 15 is 0 Å². The van der Waals surface area contributed by atoms with Crippen molar-refractivity contribution in [2.24, 2.45) is 0 Å². The molecule has 0 bridgehead atoms. The summed E-state index contributed by atoms with van der Waals surface area (Å²) in [5.74, 6) is -0.501. The van der Waals surface area contributed by atoms with E-state index in [9.17, 15) is 14.9 Å². The van der Waals surface area contributed by atoms with Gasteiger partial charge in [0.25, 0.3) is 0 Å². The quantitative estimate of drug-likeness (QED) is 0.333.